The number of carboxylic acids is 1. The third-order valence-electron chi connectivity index (χ3n) is 5.24. The van der Waals surface area contributed by atoms with Crippen LogP contribution in [0.1, 0.15) is 27.9 Å². The van der Waals surface area contributed by atoms with Gasteiger partial charge in [0.2, 0.25) is 0 Å². The highest BCUT2D eigenvalue weighted by atomic mass is 32.2. The number of aromatic nitrogens is 1. The van der Waals surface area contributed by atoms with E-state index in [-0.39, 0.29) is 16.7 Å². The number of hydrogen-bond acceptors (Lipinski definition) is 5. The van der Waals surface area contributed by atoms with E-state index < -0.39 is 5.97 Å². The molecule has 1 fully saturated rings. The maximum absolute atomic E-state index is 12.8. The molecule has 2 aromatic carbocycles. The molecule has 1 N–H and O–H groups in total. The van der Waals surface area contributed by atoms with Crippen molar-refractivity contribution in [1.29, 1.82) is 0 Å². The van der Waals surface area contributed by atoms with Crippen molar-refractivity contribution < 1.29 is 24.2 Å². The summed E-state index contributed by atoms with van der Waals surface area (Å²) < 4.78 is 7.03. The van der Waals surface area contributed by atoms with Crippen LogP contribution in [0.4, 0.5) is 4.79 Å². The lowest BCUT2D eigenvalue weighted by molar-refractivity contribution is -0.122. The number of benzene rings is 2. The first-order valence-electron chi connectivity index (χ1n) is 10.1. The fraction of sp³-hybridized carbons (Fsp3) is 0.208. The Morgan fingerprint density at radius 1 is 1.16 bits per heavy atom. The van der Waals surface area contributed by atoms with E-state index >= 15 is 0 Å². The van der Waals surface area contributed by atoms with Crippen LogP contribution in [0.25, 0.3) is 17.0 Å². The number of carbonyl (C=O) groups excluding carboxylic acids is 2. The summed E-state index contributed by atoms with van der Waals surface area (Å²) in [5, 5.41) is 9.94. The molecule has 1 aromatic heterocycles. The summed E-state index contributed by atoms with van der Waals surface area (Å²) >= 11 is 0.945. The third kappa shape index (κ3) is 4.46. The van der Waals surface area contributed by atoms with Crippen LogP contribution in [0.3, 0.4) is 0 Å². The van der Waals surface area contributed by atoms with E-state index in [1.807, 2.05) is 41.1 Å². The number of thioether (sulfide) groups is 1. The normalized spacial score (nSPS) is 15.3. The first-order valence-corrected chi connectivity index (χ1v) is 10.9. The Balaban J connectivity index is 1.65. The average Bonchev–Trinajstić information content (AvgIpc) is 3.26. The lowest BCUT2D eigenvalue weighted by atomic mass is 10.1. The van der Waals surface area contributed by atoms with E-state index in [9.17, 15) is 19.5 Å². The number of para-hydroxylation sites is 1. The number of hydrogen-bond donors (Lipinski definition) is 1. The van der Waals surface area contributed by atoms with Crippen LogP contribution in [0.15, 0.2) is 59.6 Å². The molecule has 3 aromatic rings. The van der Waals surface area contributed by atoms with Crippen molar-refractivity contribution in [2.45, 2.75) is 13.0 Å². The second-order valence-corrected chi connectivity index (χ2v) is 8.41. The largest absolute Gasteiger partial charge is 0.478 e. The zero-order valence-electron chi connectivity index (χ0n) is 17.5. The highest BCUT2D eigenvalue weighted by molar-refractivity contribution is 8.18. The van der Waals surface area contributed by atoms with Crippen molar-refractivity contribution >= 4 is 45.9 Å². The number of ether oxygens (including phenoxy) is 1. The molecule has 0 saturated carbocycles. The molecule has 32 heavy (non-hydrogen) atoms. The number of carboxylic acid groups (broad SMARTS) is 1. The predicted octanol–water partition coefficient (Wildman–Crippen LogP) is 4.46. The molecule has 8 heteroatoms. The average molecular weight is 451 g/mol. The van der Waals surface area contributed by atoms with Crippen LogP contribution in [-0.4, -0.2) is 52.0 Å². The summed E-state index contributed by atoms with van der Waals surface area (Å²) in [6, 6.07) is 14.6. The number of methoxy groups -OCH3 is 1. The molecule has 1 aliphatic rings. The van der Waals surface area contributed by atoms with Gasteiger partial charge in [-0.05, 0) is 48.0 Å². The quantitative estimate of drug-likeness (QED) is 0.403. The first kappa shape index (κ1) is 21.9. The van der Waals surface area contributed by atoms with Crippen molar-refractivity contribution in [2.24, 2.45) is 0 Å². The minimum atomic E-state index is -0.967. The number of aromatic carboxylic acids is 1. The number of rotatable bonds is 8. The summed E-state index contributed by atoms with van der Waals surface area (Å²) in [6.45, 7) is 1.29. The van der Waals surface area contributed by atoms with E-state index in [2.05, 4.69) is 0 Å². The van der Waals surface area contributed by atoms with Gasteiger partial charge in [-0.1, -0.05) is 30.3 Å². The molecular weight excluding hydrogens is 428 g/mol. The number of amides is 2. The lowest BCUT2D eigenvalue weighted by Gasteiger charge is -2.11. The van der Waals surface area contributed by atoms with E-state index in [0.29, 0.717) is 31.0 Å². The van der Waals surface area contributed by atoms with Gasteiger partial charge in [0.15, 0.2) is 0 Å². The molecule has 0 atom stereocenters. The Kier molecular flexibility index (Phi) is 6.43. The zero-order valence-corrected chi connectivity index (χ0v) is 18.3. The van der Waals surface area contributed by atoms with Crippen LogP contribution in [0.5, 0.6) is 0 Å². The van der Waals surface area contributed by atoms with Gasteiger partial charge in [0.1, 0.15) is 0 Å². The Hall–Kier alpha value is -3.36. The molecule has 7 nitrogen and oxygen atoms in total. The minimum absolute atomic E-state index is 0.237. The second-order valence-electron chi connectivity index (χ2n) is 7.41. The minimum Gasteiger partial charge on any atom is -0.478 e. The summed E-state index contributed by atoms with van der Waals surface area (Å²) in [5.74, 6) is -1.26. The number of imide groups is 1. The van der Waals surface area contributed by atoms with Gasteiger partial charge in [0, 0.05) is 49.5 Å². The maximum Gasteiger partial charge on any atom is 0.335 e. The van der Waals surface area contributed by atoms with E-state index in [1.54, 1.807) is 31.4 Å². The maximum atomic E-state index is 12.8. The van der Waals surface area contributed by atoms with Gasteiger partial charge in [0.25, 0.3) is 11.1 Å². The molecule has 2 heterocycles. The Morgan fingerprint density at radius 2 is 1.97 bits per heavy atom. The van der Waals surface area contributed by atoms with E-state index in [1.165, 1.54) is 4.90 Å². The summed E-state index contributed by atoms with van der Waals surface area (Å²) in [5.41, 5.74) is 2.88. The SMILES string of the molecule is COCCCN1C(=O)S/C(=C/c2cn(Cc3cccc(C(=O)O)c3)c3ccccc23)C1=O. The third-order valence-corrected chi connectivity index (χ3v) is 6.14. The summed E-state index contributed by atoms with van der Waals surface area (Å²) in [4.78, 5) is 38.0. The van der Waals surface area contributed by atoms with Crippen LogP contribution in [0.2, 0.25) is 0 Å². The molecule has 0 aliphatic carbocycles. The van der Waals surface area contributed by atoms with Gasteiger partial charge in [-0.2, -0.15) is 0 Å². The number of nitrogens with zero attached hydrogens (tertiary/aromatic N) is 2. The van der Waals surface area contributed by atoms with Gasteiger partial charge in [-0.3, -0.25) is 14.5 Å². The van der Waals surface area contributed by atoms with E-state index in [4.69, 9.17) is 4.74 Å². The van der Waals surface area contributed by atoms with Gasteiger partial charge >= 0.3 is 5.97 Å². The second kappa shape index (κ2) is 9.42. The smallest absolute Gasteiger partial charge is 0.335 e. The molecular formula is C24H22N2O5S. The molecule has 4 rings (SSSR count). The van der Waals surface area contributed by atoms with E-state index in [0.717, 1.165) is 33.8 Å². The van der Waals surface area contributed by atoms with Crippen molar-refractivity contribution in [2.75, 3.05) is 20.3 Å². The molecule has 1 saturated heterocycles. The van der Waals surface area contributed by atoms with Crippen molar-refractivity contribution in [3.05, 3.63) is 76.3 Å². The van der Waals surface area contributed by atoms with Crippen molar-refractivity contribution in [1.82, 2.24) is 9.47 Å². The molecule has 0 bridgehead atoms. The van der Waals surface area contributed by atoms with Crippen molar-refractivity contribution in [3.63, 3.8) is 0 Å². The molecule has 164 valence electrons. The molecule has 1 aliphatic heterocycles. The Bertz CT molecular complexity index is 1230. The van der Waals surface area contributed by atoms with Crippen LogP contribution >= 0.6 is 11.8 Å². The molecule has 2 amide bonds. The topological polar surface area (TPSA) is 88.8 Å². The summed E-state index contributed by atoms with van der Waals surface area (Å²) in [7, 11) is 1.58. The number of fused-ring (bicyclic) bond motifs is 1. The van der Waals surface area contributed by atoms with Crippen LogP contribution < -0.4 is 0 Å². The Labute approximate surface area is 189 Å². The fourth-order valence-corrected chi connectivity index (χ4v) is 4.58. The highest BCUT2D eigenvalue weighted by Gasteiger charge is 2.34. The van der Waals surface area contributed by atoms with Gasteiger partial charge in [-0.15, -0.1) is 0 Å². The van der Waals surface area contributed by atoms with Gasteiger partial charge in [-0.25, -0.2) is 4.79 Å². The standard InChI is InChI=1S/C24H22N2O5S/c1-31-11-5-10-26-22(27)21(32-24(26)30)13-18-15-25(20-9-3-2-8-19(18)20)14-16-6-4-7-17(12-16)23(28)29/h2-4,6-9,12-13,15H,5,10-11,14H2,1H3,(H,28,29)/b21-13+. The van der Waals surface area contributed by atoms with Crippen LogP contribution in [0, 0.1) is 0 Å². The van der Waals surface area contributed by atoms with Gasteiger partial charge < -0.3 is 14.4 Å². The fourth-order valence-electron chi connectivity index (χ4n) is 3.72. The molecule has 0 unspecified atom stereocenters. The monoisotopic (exact) mass is 450 g/mol. The van der Waals surface area contributed by atoms with Gasteiger partial charge in [0.05, 0.1) is 10.5 Å². The first-order chi connectivity index (χ1) is 15.5. The number of carbonyl (C=O) groups is 3. The predicted molar refractivity (Wildman–Crippen MR) is 124 cm³/mol. The zero-order chi connectivity index (χ0) is 22.7. The Morgan fingerprint density at radius 3 is 2.75 bits per heavy atom. The molecule has 0 radical (unpaired) electrons. The lowest BCUT2D eigenvalue weighted by Crippen LogP contribution is -2.29. The summed E-state index contributed by atoms with van der Waals surface area (Å²) in [6.07, 6.45) is 4.28. The van der Waals surface area contributed by atoms with Crippen LogP contribution in [-0.2, 0) is 16.1 Å². The molecule has 0 spiro atoms. The highest BCUT2D eigenvalue weighted by Crippen LogP contribution is 2.34. The van der Waals surface area contributed by atoms with Crippen molar-refractivity contribution in [3.8, 4) is 0 Å².